The Morgan fingerprint density at radius 2 is 1.83 bits per heavy atom. The predicted octanol–water partition coefficient (Wildman–Crippen LogP) is 2.48. The summed E-state index contributed by atoms with van der Waals surface area (Å²) in [5, 5.41) is 11.9. The highest BCUT2D eigenvalue weighted by Crippen LogP contribution is 2.17. The van der Waals surface area contributed by atoms with Crippen LogP contribution < -0.4 is 10.2 Å². The molecule has 2 amide bonds. The highest BCUT2D eigenvalue weighted by molar-refractivity contribution is 5.98. The Hall–Kier alpha value is -3.47. The first-order chi connectivity index (χ1) is 14.4. The molecule has 8 nitrogen and oxygen atoms in total. The van der Waals surface area contributed by atoms with Crippen LogP contribution in [0.4, 0.5) is 10.7 Å². The Bertz CT molecular complexity index is 925. The fourth-order valence-electron chi connectivity index (χ4n) is 3.50. The lowest BCUT2D eigenvalue weighted by Gasteiger charge is -2.40. The predicted molar refractivity (Wildman–Crippen MR) is 113 cm³/mol. The number of nitrogens with one attached hydrogen (secondary N) is 1. The SMILES string of the molecule is CC(NC(=O)N1CCN(c2ncccn2)C[C@H]1C)C(C)C(=O)c1ccc(C#N)cc1. The van der Waals surface area contributed by atoms with Gasteiger partial charge in [0.2, 0.25) is 5.95 Å². The van der Waals surface area contributed by atoms with Gasteiger partial charge >= 0.3 is 6.03 Å². The van der Waals surface area contributed by atoms with Crippen LogP contribution >= 0.6 is 0 Å². The van der Waals surface area contributed by atoms with Gasteiger partial charge in [0.1, 0.15) is 0 Å². The molecule has 1 aromatic carbocycles. The van der Waals surface area contributed by atoms with Crippen LogP contribution in [0.1, 0.15) is 36.7 Å². The number of amides is 2. The van der Waals surface area contributed by atoms with Gasteiger partial charge in [0.15, 0.2) is 5.78 Å². The van der Waals surface area contributed by atoms with Crippen LogP contribution in [-0.4, -0.2) is 58.4 Å². The molecule has 0 radical (unpaired) electrons. The van der Waals surface area contributed by atoms with E-state index in [9.17, 15) is 9.59 Å². The molecule has 3 rings (SSSR count). The Morgan fingerprint density at radius 3 is 2.43 bits per heavy atom. The lowest BCUT2D eigenvalue weighted by Crippen LogP contribution is -2.58. The smallest absolute Gasteiger partial charge is 0.317 e. The normalized spacial score (nSPS) is 18.3. The summed E-state index contributed by atoms with van der Waals surface area (Å²) < 4.78 is 0. The Kier molecular flexibility index (Phi) is 6.62. The van der Waals surface area contributed by atoms with Crippen molar-refractivity contribution in [1.29, 1.82) is 5.26 Å². The van der Waals surface area contributed by atoms with E-state index in [0.29, 0.717) is 36.7 Å². The molecule has 2 aromatic rings. The zero-order chi connectivity index (χ0) is 21.7. The molecule has 2 unspecified atom stereocenters. The number of piperazine rings is 1. The lowest BCUT2D eigenvalue weighted by atomic mass is 9.93. The summed E-state index contributed by atoms with van der Waals surface area (Å²) in [6.07, 6.45) is 3.42. The van der Waals surface area contributed by atoms with E-state index in [2.05, 4.69) is 20.2 Å². The summed E-state index contributed by atoms with van der Waals surface area (Å²) in [7, 11) is 0. The summed E-state index contributed by atoms with van der Waals surface area (Å²) in [4.78, 5) is 38.0. The first kappa shape index (κ1) is 21.2. The van der Waals surface area contributed by atoms with Crippen LogP contribution in [0.3, 0.4) is 0 Å². The van der Waals surface area contributed by atoms with Crippen molar-refractivity contribution in [3.8, 4) is 6.07 Å². The van der Waals surface area contributed by atoms with Gasteiger partial charge in [0.05, 0.1) is 11.6 Å². The number of rotatable bonds is 5. The molecular weight excluding hydrogens is 380 g/mol. The first-order valence-electron chi connectivity index (χ1n) is 10.0. The Labute approximate surface area is 176 Å². The highest BCUT2D eigenvalue weighted by Gasteiger charge is 2.31. The van der Waals surface area contributed by atoms with Gasteiger partial charge in [0, 0.05) is 55.6 Å². The number of Topliss-reactive ketones (excluding diaryl/α,β-unsaturated/α-hetero) is 1. The molecule has 1 aliphatic heterocycles. The number of carbonyl (C=O) groups excluding carboxylic acids is 2. The topological polar surface area (TPSA) is 102 Å². The fourth-order valence-corrected chi connectivity index (χ4v) is 3.50. The zero-order valence-electron chi connectivity index (χ0n) is 17.4. The number of urea groups is 1. The minimum absolute atomic E-state index is 0.0145. The van der Waals surface area contributed by atoms with Crippen LogP contribution in [0.5, 0.6) is 0 Å². The van der Waals surface area contributed by atoms with Gasteiger partial charge in [-0.3, -0.25) is 4.79 Å². The van der Waals surface area contributed by atoms with Crippen molar-refractivity contribution < 1.29 is 9.59 Å². The lowest BCUT2D eigenvalue weighted by molar-refractivity contribution is 0.0906. The number of anilines is 1. The number of aromatic nitrogens is 2. The van der Waals surface area contributed by atoms with E-state index in [1.807, 2.05) is 19.9 Å². The summed E-state index contributed by atoms with van der Waals surface area (Å²) in [5.74, 6) is 0.210. The Morgan fingerprint density at radius 1 is 1.17 bits per heavy atom. The van der Waals surface area contributed by atoms with Gasteiger partial charge < -0.3 is 15.1 Å². The molecule has 1 aliphatic rings. The summed E-state index contributed by atoms with van der Waals surface area (Å²) in [6, 6.07) is 9.85. The monoisotopic (exact) mass is 406 g/mol. The standard InChI is InChI=1S/C22H26N6O2/c1-15-14-27(21-24-9-4-10-25-21)11-12-28(15)22(30)26-17(3)16(2)20(29)19-7-5-18(13-23)6-8-19/h4-10,15-17H,11-12,14H2,1-3H3,(H,26,30)/t15-,16?,17?/m1/s1. The van der Waals surface area contributed by atoms with Crippen molar-refractivity contribution in [2.24, 2.45) is 5.92 Å². The maximum Gasteiger partial charge on any atom is 0.317 e. The average molecular weight is 406 g/mol. The molecule has 30 heavy (non-hydrogen) atoms. The minimum atomic E-state index is -0.392. The van der Waals surface area contributed by atoms with Crippen molar-refractivity contribution >= 4 is 17.8 Å². The molecule has 8 heteroatoms. The Balaban J connectivity index is 1.57. The van der Waals surface area contributed by atoms with Crippen molar-refractivity contribution in [2.45, 2.75) is 32.9 Å². The van der Waals surface area contributed by atoms with Crippen LogP contribution in [-0.2, 0) is 0 Å². The van der Waals surface area contributed by atoms with E-state index in [1.54, 1.807) is 54.5 Å². The van der Waals surface area contributed by atoms with Gasteiger partial charge in [-0.2, -0.15) is 5.26 Å². The second-order valence-electron chi connectivity index (χ2n) is 7.62. The van der Waals surface area contributed by atoms with Crippen molar-refractivity contribution in [3.05, 3.63) is 53.9 Å². The quantitative estimate of drug-likeness (QED) is 0.766. The van der Waals surface area contributed by atoms with Crippen LogP contribution in [0, 0.1) is 17.2 Å². The van der Waals surface area contributed by atoms with E-state index in [0.717, 1.165) is 0 Å². The van der Waals surface area contributed by atoms with E-state index in [4.69, 9.17) is 5.26 Å². The third kappa shape index (κ3) is 4.74. The van der Waals surface area contributed by atoms with E-state index in [-0.39, 0.29) is 23.9 Å². The molecule has 2 heterocycles. The van der Waals surface area contributed by atoms with Crippen molar-refractivity contribution in [3.63, 3.8) is 0 Å². The molecule has 0 saturated carbocycles. The van der Waals surface area contributed by atoms with Crippen LogP contribution in [0.25, 0.3) is 0 Å². The number of benzene rings is 1. The molecule has 0 spiro atoms. The maximum atomic E-state index is 12.8. The van der Waals surface area contributed by atoms with Gasteiger partial charge in [0.25, 0.3) is 0 Å². The number of hydrogen-bond donors (Lipinski definition) is 1. The number of carbonyl (C=O) groups is 2. The summed E-state index contributed by atoms with van der Waals surface area (Å²) >= 11 is 0. The molecule has 0 bridgehead atoms. The van der Waals surface area contributed by atoms with E-state index < -0.39 is 5.92 Å². The number of nitriles is 1. The van der Waals surface area contributed by atoms with Crippen molar-refractivity contribution in [2.75, 3.05) is 24.5 Å². The molecule has 1 N–H and O–H groups in total. The molecule has 1 fully saturated rings. The van der Waals surface area contributed by atoms with Crippen LogP contribution in [0.2, 0.25) is 0 Å². The largest absolute Gasteiger partial charge is 0.337 e. The first-order valence-corrected chi connectivity index (χ1v) is 10.0. The van der Waals surface area contributed by atoms with E-state index in [1.165, 1.54) is 0 Å². The van der Waals surface area contributed by atoms with E-state index >= 15 is 0 Å². The summed E-state index contributed by atoms with van der Waals surface area (Å²) in [6.45, 7) is 7.48. The van der Waals surface area contributed by atoms with Gasteiger partial charge in [-0.15, -0.1) is 0 Å². The summed E-state index contributed by atoms with van der Waals surface area (Å²) in [5.41, 5.74) is 1.04. The molecular formula is C22H26N6O2. The number of ketones is 1. The number of nitrogens with zero attached hydrogens (tertiary/aromatic N) is 5. The third-order valence-corrected chi connectivity index (χ3v) is 5.54. The average Bonchev–Trinajstić information content (AvgIpc) is 2.78. The van der Waals surface area contributed by atoms with Gasteiger partial charge in [-0.25, -0.2) is 14.8 Å². The molecule has 156 valence electrons. The number of hydrogen-bond acceptors (Lipinski definition) is 6. The van der Waals surface area contributed by atoms with Crippen molar-refractivity contribution in [1.82, 2.24) is 20.2 Å². The zero-order valence-corrected chi connectivity index (χ0v) is 17.4. The molecule has 1 aromatic heterocycles. The fraction of sp³-hybridized carbons (Fsp3) is 0.409. The molecule has 0 aliphatic carbocycles. The van der Waals surface area contributed by atoms with Crippen LogP contribution in [0.15, 0.2) is 42.7 Å². The van der Waals surface area contributed by atoms with Gasteiger partial charge in [-0.1, -0.05) is 19.1 Å². The molecule has 3 atom stereocenters. The molecule has 1 saturated heterocycles. The maximum absolute atomic E-state index is 12.8. The third-order valence-electron chi connectivity index (χ3n) is 5.54. The highest BCUT2D eigenvalue weighted by atomic mass is 16.2. The second kappa shape index (κ2) is 9.35. The van der Waals surface area contributed by atoms with Gasteiger partial charge in [-0.05, 0) is 32.0 Å². The second-order valence-corrected chi connectivity index (χ2v) is 7.62. The minimum Gasteiger partial charge on any atom is -0.337 e.